The summed E-state index contributed by atoms with van der Waals surface area (Å²) in [6.45, 7) is 7.84. The molecule has 0 heterocycles. The first-order valence-corrected chi connectivity index (χ1v) is 7.51. The topological polar surface area (TPSA) is 26.0 Å². The number of aryl methyl sites for hydroxylation is 3. The van der Waals surface area contributed by atoms with Crippen LogP contribution in [0.4, 0.5) is 4.39 Å². The Hall–Kier alpha value is -1.32. The zero-order chi connectivity index (χ0) is 14.9. The molecule has 0 aliphatic heterocycles. The Labute approximate surface area is 124 Å². The van der Waals surface area contributed by atoms with Crippen molar-refractivity contribution in [2.24, 2.45) is 5.73 Å². The van der Waals surface area contributed by atoms with E-state index in [1.54, 1.807) is 24.8 Å². The van der Waals surface area contributed by atoms with E-state index >= 15 is 0 Å². The third kappa shape index (κ3) is 3.22. The van der Waals surface area contributed by atoms with E-state index in [1.807, 2.05) is 13.0 Å². The minimum Gasteiger partial charge on any atom is -0.324 e. The number of benzene rings is 2. The number of halogens is 1. The highest BCUT2D eigenvalue weighted by Gasteiger charge is 2.13. The van der Waals surface area contributed by atoms with Crippen molar-refractivity contribution in [1.82, 2.24) is 0 Å². The van der Waals surface area contributed by atoms with Crippen molar-refractivity contribution in [2.45, 2.75) is 43.5 Å². The molecule has 2 aromatic rings. The van der Waals surface area contributed by atoms with Crippen molar-refractivity contribution in [3.8, 4) is 0 Å². The summed E-state index contributed by atoms with van der Waals surface area (Å²) in [6, 6.07) is 9.63. The average molecular weight is 289 g/mol. The zero-order valence-electron chi connectivity index (χ0n) is 12.3. The van der Waals surface area contributed by atoms with Crippen LogP contribution in [-0.4, -0.2) is 0 Å². The minimum atomic E-state index is -0.192. The van der Waals surface area contributed by atoms with Crippen LogP contribution in [0.3, 0.4) is 0 Å². The van der Waals surface area contributed by atoms with Gasteiger partial charge in [-0.25, -0.2) is 4.39 Å². The van der Waals surface area contributed by atoms with Crippen molar-refractivity contribution in [3.63, 3.8) is 0 Å². The molecule has 1 atom stereocenters. The van der Waals surface area contributed by atoms with Crippen molar-refractivity contribution < 1.29 is 4.39 Å². The summed E-state index contributed by atoms with van der Waals surface area (Å²) >= 11 is 1.65. The van der Waals surface area contributed by atoms with Gasteiger partial charge in [-0.3, -0.25) is 0 Å². The summed E-state index contributed by atoms with van der Waals surface area (Å²) in [7, 11) is 0. The molecule has 0 amide bonds. The van der Waals surface area contributed by atoms with E-state index in [0.29, 0.717) is 5.56 Å². The van der Waals surface area contributed by atoms with Crippen LogP contribution in [0, 0.1) is 26.6 Å². The number of rotatable bonds is 3. The van der Waals surface area contributed by atoms with Gasteiger partial charge in [-0.1, -0.05) is 29.5 Å². The van der Waals surface area contributed by atoms with Crippen LogP contribution in [0.15, 0.2) is 40.1 Å². The van der Waals surface area contributed by atoms with Crippen LogP contribution < -0.4 is 5.73 Å². The summed E-state index contributed by atoms with van der Waals surface area (Å²) in [4.78, 5) is 2.22. The Morgan fingerprint density at radius 3 is 2.30 bits per heavy atom. The molecule has 2 rings (SSSR count). The molecule has 106 valence electrons. The largest absolute Gasteiger partial charge is 0.324 e. The zero-order valence-corrected chi connectivity index (χ0v) is 13.1. The predicted octanol–water partition coefficient (Wildman–Crippen LogP) is 4.92. The van der Waals surface area contributed by atoms with E-state index in [1.165, 1.54) is 16.0 Å². The van der Waals surface area contributed by atoms with Gasteiger partial charge in [0.05, 0.1) is 0 Å². The lowest BCUT2D eigenvalue weighted by Gasteiger charge is -2.15. The van der Waals surface area contributed by atoms with Gasteiger partial charge < -0.3 is 5.73 Å². The molecule has 0 spiro atoms. The number of hydrogen-bond acceptors (Lipinski definition) is 2. The fraction of sp³-hybridized carbons (Fsp3) is 0.294. The molecular formula is C17H20FNS. The van der Waals surface area contributed by atoms with Gasteiger partial charge in [0.15, 0.2) is 0 Å². The van der Waals surface area contributed by atoms with Gasteiger partial charge in [0.2, 0.25) is 0 Å². The van der Waals surface area contributed by atoms with Crippen LogP contribution in [0.2, 0.25) is 0 Å². The van der Waals surface area contributed by atoms with E-state index in [4.69, 9.17) is 5.73 Å². The second-order valence-electron chi connectivity index (χ2n) is 5.30. The summed E-state index contributed by atoms with van der Waals surface area (Å²) in [5, 5.41) is 0. The van der Waals surface area contributed by atoms with Crippen molar-refractivity contribution in [3.05, 3.63) is 58.4 Å². The third-order valence-corrected chi connectivity index (χ3v) is 4.58. The maximum atomic E-state index is 13.7. The van der Waals surface area contributed by atoms with Gasteiger partial charge in [0.1, 0.15) is 5.82 Å². The van der Waals surface area contributed by atoms with Crippen LogP contribution in [0.25, 0.3) is 0 Å². The highest BCUT2D eigenvalue weighted by atomic mass is 32.2. The Kier molecular flexibility index (Phi) is 4.51. The normalized spacial score (nSPS) is 12.5. The van der Waals surface area contributed by atoms with Crippen molar-refractivity contribution in [1.29, 1.82) is 0 Å². The molecule has 20 heavy (non-hydrogen) atoms. The van der Waals surface area contributed by atoms with E-state index in [9.17, 15) is 4.39 Å². The van der Waals surface area contributed by atoms with Crippen molar-refractivity contribution >= 4 is 11.8 Å². The van der Waals surface area contributed by atoms with Gasteiger partial charge in [0, 0.05) is 15.8 Å². The molecule has 3 heteroatoms. The second kappa shape index (κ2) is 5.98. The maximum Gasteiger partial charge on any atom is 0.126 e. The molecule has 1 nitrogen and oxygen atoms in total. The van der Waals surface area contributed by atoms with E-state index < -0.39 is 0 Å². The Balaban J connectivity index is 2.44. The fourth-order valence-corrected chi connectivity index (χ4v) is 3.34. The summed E-state index contributed by atoms with van der Waals surface area (Å²) in [5.41, 5.74) is 9.96. The molecule has 0 unspecified atom stereocenters. The van der Waals surface area contributed by atoms with Crippen molar-refractivity contribution in [2.75, 3.05) is 0 Å². The van der Waals surface area contributed by atoms with Crippen LogP contribution in [0.1, 0.15) is 35.2 Å². The lowest BCUT2D eigenvalue weighted by atomic mass is 10.1. The first-order chi connectivity index (χ1) is 9.38. The summed E-state index contributed by atoms with van der Waals surface area (Å²) in [5.74, 6) is -0.192. The van der Waals surface area contributed by atoms with E-state index in [-0.39, 0.29) is 11.9 Å². The second-order valence-corrected chi connectivity index (χ2v) is 6.38. The Morgan fingerprint density at radius 2 is 1.70 bits per heavy atom. The SMILES string of the molecule is Cc1ccc(Sc2cc(C)c(F)cc2[C@@H](C)N)c(C)c1. The lowest BCUT2D eigenvalue weighted by molar-refractivity contribution is 0.610. The molecule has 0 fully saturated rings. The molecule has 0 aliphatic carbocycles. The highest BCUT2D eigenvalue weighted by molar-refractivity contribution is 7.99. The number of nitrogens with two attached hydrogens (primary N) is 1. The molecule has 0 saturated heterocycles. The summed E-state index contributed by atoms with van der Waals surface area (Å²) < 4.78 is 13.7. The standard InChI is InChI=1S/C17H20FNS/c1-10-5-6-16(12(3)7-10)20-17-8-11(2)15(18)9-14(17)13(4)19/h5-9,13H,19H2,1-4H3/t13-/m1/s1. The Morgan fingerprint density at radius 1 is 1.00 bits per heavy atom. The van der Waals surface area contributed by atoms with E-state index in [2.05, 4.69) is 32.0 Å². The molecule has 0 aliphatic rings. The number of hydrogen-bond donors (Lipinski definition) is 1. The van der Waals surface area contributed by atoms with Gasteiger partial charge >= 0.3 is 0 Å². The first kappa shape index (κ1) is 15.1. The minimum absolute atomic E-state index is 0.182. The molecule has 0 saturated carbocycles. The third-order valence-electron chi connectivity index (χ3n) is 3.33. The first-order valence-electron chi connectivity index (χ1n) is 6.69. The molecule has 0 aromatic heterocycles. The molecule has 2 N–H and O–H groups in total. The van der Waals surface area contributed by atoms with Gasteiger partial charge in [0.25, 0.3) is 0 Å². The average Bonchev–Trinajstić information content (AvgIpc) is 2.36. The lowest BCUT2D eigenvalue weighted by Crippen LogP contribution is -2.07. The quantitative estimate of drug-likeness (QED) is 0.867. The van der Waals surface area contributed by atoms with E-state index in [0.717, 1.165) is 10.5 Å². The monoisotopic (exact) mass is 289 g/mol. The highest BCUT2D eigenvalue weighted by Crippen LogP contribution is 2.36. The smallest absolute Gasteiger partial charge is 0.126 e. The summed E-state index contributed by atoms with van der Waals surface area (Å²) in [6.07, 6.45) is 0. The molecule has 2 aromatic carbocycles. The molecular weight excluding hydrogens is 269 g/mol. The molecule has 0 radical (unpaired) electrons. The fourth-order valence-electron chi connectivity index (χ4n) is 2.15. The molecule has 0 bridgehead atoms. The van der Waals surface area contributed by atoms with Crippen LogP contribution in [0.5, 0.6) is 0 Å². The predicted molar refractivity (Wildman–Crippen MR) is 83.8 cm³/mol. The van der Waals surface area contributed by atoms with Gasteiger partial charge in [-0.05, 0) is 62.6 Å². The van der Waals surface area contributed by atoms with Gasteiger partial charge in [-0.15, -0.1) is 0 Å². The van der Waals surface area contributed by atoms with Crippen LogP contribution in [-0.2, 0) is 0 Å². The van der Waals surface area contributed by atoms with Gasteiger partial charge in [-0.2, -0.15) is 0 Å². The van der Waals surface area contributed by atoms with Crippen LogP contribution >= 0.6 is 11.8 Å². The maximum absolute atomic E-state index is 13.7. The Bertz CT molecular complexity index is 635.